The molecule has 0 radical (unpaired) electrons. The Morgan fingerprint density at radius 2 is 0.773 bits per heavy atom. The first kappa shape index (κ1) is 88.8. The van der Waals surface area contributed by atoms with Crippen LogP contribution < -0.4 is 16.0 Å². The SMILES string of the molecule is C.C.C.C.C.C.C.CC(C)OC1CCCNC1.CC(C)OC1CCCS(=O)C1.CC(C)OC1CCNC1.CC(C)OC1CCNCC1.CC(C)OC1CCOC1.CC(C)OC1CCOCC1.CC(C)OC1CCSC1. The van der Waals surface area contributed by atoms with E-state index in [0.717, 1.165) is 109 Å². The largest absolute Gasteiger partial charge is 0.381 e. The molecule has 0 amide bonds. The predicted molar refractivity (Wildman–Crippen MR) is 333 cm³/mol. The summed E-state index contributed by atoms with van der Waals surface area (Å²) in [5.74, 6) is 4.12. The number of nitrogens with one attached hydrogen (secondary N) is 3. The van der Waals surface area contributed by atoms with Gasteiger partial charge < -0.3 is 58.6 Å². The van der Waals surface area contributed by atoms with Crippen LogP contribution in [0.4, 0.5) is 0 Å². The number of hydrogen-bond donors (Lipinski definition) is 3. The van der Waals surface area contributed by atoms with Crippen molar-refractivity contribution in [2.75, 3.05) is 88.7 Å². The highest BCUT2D eigenvalue weighted by Crippen LogP contribution is 2.21. The molecule has 0 aromatic heterocycles. The lowest BCUT2D eigenvalue weighted by Crippen LogP contribution is -2.36. The molecule has 6 atom stereocenters. The lowest BCUT2D eigenvalue weighted by Gasteiger charge is -2.24. The maximum absolute atomic E-state index is 11.1. The fourth-order valence-electron chi connectivity index (χ4n) is 8.31. The smallest absolute Gasteiger partial charge is 0.0833 e. The topological polar surface area (TPSA) is 136 Å². The molecule has 7 aliphatic heterocycles. The van der Waals surface area contributed by atoms with E-state index in [4.69, 9.17) is 42.6 Å². The van der Waals surface area contributed by atoms with Crippen molar-refractivity contribution < 1.29 is 46.8 Å². The van der Waals surface area contributed by atoms with Crippen LogP contribution in [0.25, 0.3) is 0 Å². The highest BCUT2D eigenvalue weighted by molar-refractivity contribution is 7.99. The van der Waals surface area contributed by atoms with Gasteiger partial charge in [0, 0.05) is 61.0 Å². The Bertz CT molecular complexity index is 1010. The molecule has 7 fully saturated rings. The first-order valence-corrected chi connectivity index (χ1v) is 29.8. The van der Waals surface area contributed by atoms with Gasteiger partial charge in [-0.25, -0.2) is 0 Å². The summed E-state index contributed by atoms with van der Waals surface area (Å²) in [5.41, 5.74) is 0. The molecule has 0 aromatic carbocycles. The average Bonchev–Trinajstić information content (AvgIpc) is 4.09. The molecule has 15 heteroatoms. The molecule has 464 valence electrons. The summed E-state index contributed by atoms with van der Waals surface area (Å²) in [4.78, 5) is 0. The molecule has 0 bridgehead atoms. The molecule has 3 N–H and O–H groups in total. The van der Waals surface area contributed by atoms with E-state index < -0.39 is 10.8 Å². The number of rotatable bonds is 14. The van der Waals surface area contributed by atoms with Gasteiger partial charge in [-0.05, 0) is 199 Å². The number of hydrogen-bond acceptors (Lipinski definition) is 14. The fourth-order valence-corrected chi connectivity index (χ4v) is 10.7. The van der Waals surface area contributed by atoms with E-state index in [1.165, 1.54) is 50.0 Å². The van der Waals surface area contributed by atoms with Gasteiger partial charge >= 0.3 is 0 Å². The summed E-state index contributed by atoms with van der Waals surface area (Å²) in [6.07, 6.45) is 18.3. The van der Waals surface area contributed by atoms with Crippen molar-refractivity contribution in [1.29, 1.82) is 0 Å². The summed E-state index contributed by atoms with van der Waals surface area (Å²) < 4.78 is 60.5. The molecule has 0 spiro atoms. The van der Waals surface area contributed by atoms with Crippen molar-refractivity contribution in [1.82, 2.24) is 16.0 Å². The van der Waals surface area contributed by atoms with Gasteiger partial charge in [-0.2, -0.15) is 11.8 Å². The fraction of sp³-hybridized carbons (Fsp3) is 1.00. The molecule has 0 saturated carbocycles. The Morgan fingerprint density at radius 3 is 1.17 bits per heavy atom. The zero-order chi connectivity index (χ0) is 50.5. The van der Waals surface area contributed by atoms with Crippen LogP contribution in [0.1, 0.15) is 220 Å². The second-order valence-corrected chi connectivity index (χ2v) is 23.5. The first-order chi connectivity index (χ1) is 32.4. The molecule has 7 aliphatic rings. The zero-order valence-electron chi connectivity index (χ0n) is 46.2. The minimum absolute atomic E-state index is 0. The van der Waals surface area contributed by atoms with Crippen molar-refractivity contribution in [2.24, 2.45) is 0 Å². The summed E-state index contributed by atoms with van der Waals surface area (Å²) >= 11 is 2.00. The third-order valence-corrected chi connectivity index (χ3v) is 13.6. The van der Waals surface area contributed by atoms with Crippen LogP contribution in [0.2, 0.25) is 0 Å². The Labute approximate surface area is 476 Å². The monoisotopic (exact) mass is 1120 g/mol. The quantitative estimate of drug-likeness (QED) is 0.152. The van der Waals surface area contributed by atoms with Gasteiger partial charge in [0.05, 0.1) is 92.1 Å². The van der Waals surface area contributed by atoms with Crippen LogP contribution in [-0.2, 0) is 53.4 Å². The summed E-state index contributed by atoms with van der Waals surface area (Å²) in [6.45, 7) is 39.1. The van der Waals surface area contributed by atoms with Gasteiger partial charge in [-0.15, -0.1) is 0 Å². The highest BCUT2D eigenvalue weighted by Gasteiger charge is 2.21. The zero-order valence-corrected chi connectivity index (χ0v) is 47.8. The Kier molecular flexibility index (Phi) is 67.8. The second kappa shape index (κ2) is 57.3. The molecule has 6 unspecified atom stereocenters. The van der Waals surface area contributed by atoms with E-state index in [1.54, 1.807) is 0 Å². The van der Waals surface area contributed by atoms with Gasteiger partial charge in [0.1, 0.15) is 0 Å². The predicted octanol–water partition coefficient (Wildman–Crippen LogP) is 13.6. The van der Waals surface area contributed by atoms with Gasteiger partial charge in [0.15, 0.2) is 0 Å². The third kappa shape index (κ3) is 55.7. The first-order valence-electron chi connectivity index (χ1n) is 27.2. The number of ether oxygens (including phenoxy) is 9. The molecule has 13 nitrogen and oxygen atoms in total. The van der Waals surface area contributed by atoms with E-state index >= 15 is 0 Å². The van der Waals surface area contributed by atoms with Crippen LogP contribution in [0, 0.1) is 0 Å². The Morgan fingerprint density at radius 1 is 0.400 bits per heavy atom. The van der Waals surface area contributed by atoms with Crippen molar-refractivity contribution in [2.45, 2.75) is 305 Å². The van der Waals surface area contributed by atoms with Gasteiger partial charge in [-0.1, -0.05) is 52.0 Å². The van der Waals surface area contributed by atoms with Crippen LogP contribution in [0.3, 0.4) is 0 Å². The normalized spacial score (nSPS) is 24.2. The maximum atomic E-state index is 11.1. The average molecular weight is 1120 g/mol. The number of piperidine rings is 2. The third-order valence-electron chi connectivity index (χ3n) is 11.0. The summed E-state index contributed by atoms with van der Waals surface area (Å²) in [6, 6.07) is 0. The van der Waals surface area contributed by atoms with Crippen molar-refractivity contribution in [3.63, 3.8) is 0 Å². The second-order valence-electron chi connectivity index (χ2n) is 20.7. The molecule has 0 aromatic rings. The maximum Gasteiger partial charge on any atom is 0.0833 e. The minimum atomic E-state index is -0.612. The summed E-state index contributed by atoms with van der Waals surface area (Å²) in [5, 5.41) is 9.88. The van der Waals surface area contributed by atoms with Crippen molar-refractivity contribution in [3.8, 4) is 0 Å². The number of thioether (sulfide) groups is 1. The Balaban J connectivity index is -0.000000142. The van der Waals surface area contributed by atoms with Crippen LogP contribution in [0.5, 0.6) is 0 Å². The molecular weight excluding hydrogens is 987 g/mol. The molecule has 7 rings (SSSR count). The lowest BCUT2D eigenvalue weighted by atomic mass is 10.1. The van der Waals surface area contributed by atoms with E-state index in [2.05, 4.69) is 99.0 Å². The van der Waals surface area contributed by atoms with Crippen LogP contribution >= 0.6 is 11.8 Å². The van der Waals surface area contributed by atoms with Crippen LogP contribution in [-0.4, -0.2) is 178 Å². The van der Waals surface area contributed by atoms with Gasteiger partial charge in [-0.3, -0.25) is 4.21 Å². The van der Waals surface area contributed by atoms with Gasteiger partial charge in [0.2, 0.25) is 0 Å². The molecule has 0 aliphatic carbocycles. The van der Waals surface area contributed by atoms with E-state index in [-0.39, 0.29) is 64.2 Å². The standard InChI is InChI=1S/2C8H17NO.C8H16O2S.C8H16O2.C7H15NO.C7H14O2.C7H14OS.7CH4/c1-7(2)10-8-3-5-9-6-4-8;1-7(2)10-8-4-3-5-9-6-8;1-7(2)10-8-4-3-5-11(9)6-8;1-7(2)10-8-3-5-9-6-4-8;2*1-6(2)9-7-3-4-8-5-7;1-6(2)8-7-3-4-9-5-7;;;;;;;/h2*7-9H,3-6H2,1-2H3;7-8H,3-6H2,1-2H3;7-8H,3-6H2,1-2H3;6-8H,3-5H2,1-2H3;2*6-7H,3-5H2,1-2H3;7*1H4. The van der Waals surface area contributed by atoms with Gasteiger partial charge in [0.25, 0.3) is 0 Å². The molecular formula is C60H137N3O10S2. The summed E-state index contributed by atoms with van der Waals surface area (Å²) in [7, 11) is -0.612. The minimum Gasteiger partial charge on any atom is -0.381 e. The molecule has 7 heterocycles. The Hall–Kier alpha value is 0.0200. The van der Waals surface area contributed by atoms with Crippen molar-refractivity contribution >= 4 is 22.6 Å². The van der Waals surface area contributed by atoms with E-state index in [0.29, 0.717) is 73.2 Å². The highest BCUT2D eigenvalue weighted by atomic mass is 32.2. The van der Waals surface area contributed by atoms with Crippen molar-refractivity contribution in [3.05, 3.63) is 0 Å². The van der Waals surface area contributed by atoms with Crippen LogP contribution in [0.15, 0.2) is 0 Å². The molecule has 75 heavy (non-hydrogen) atoms. The lowest BCUT2D eigenvalue weighted by molar-refractivity contribution is -0.0563. The molecule has 7 saturated heterocycles. The van der Waals surface area contributed by atoms with E-state index in [9.17, 15) is 4.21 Å². The van der Waals surface area contributed by atoms with E-state index in [1.807, 2.05) is 25.6 Å².